The van der Waals surface area contributed by atoms with Gasteiger partial charge in [0.25, 0.3) is 0 Å². The van der Waals surface area contributed by atoms with Crippen molar-refractivity contribution in [1.82, 2.24) is 10.6 Å². The summed E-state index contributed by atoms with van der Waals surface area (Å²) in [5, 5.41) is 5.92. The summed E-state index contributed by atoms with van der Waals surface area (Å²) >= 11 is 3.42. The van der Waals surface area contributed by atoms with Crippen molar-refractivity contribution in [3.63, 3.8) is 0 Å². The van der Waals surface area contributed by atoms with Crippen molar-refractivity contribution in [2.75, 3.05) is 13.7 Å². The number of methoxy groups -OCH3 is 1. The highest BCUT2D eigenvalue weighted by Crippen LogP contribution is 2.22. The van der Waals surface area contributed by atoms with Crippen LogP contribution < -0.4 is 15.4 Å². The normalized spacial score (nSPS) is 10.5. The molecule has 0 aromatic heterocycles. The third-order valence-electron chi connectivity index (χ3n) is 2.29. The predicted molar refractivity (Wildman–Crippen MR) is 75.7 cm³/mol. The molecule has 18 heavy (non-hydrogen) atoms. The second-order valence-corrected chi connectivity index (χ2v) is 5.20. The predicted octanol–water partition coefficient (Wildman–Crippen LogP) is 2.07. The lowest BCUT2D eigenvalue weighted by atomic mass is 10.2. The maximum absolute atomic E-state index is 11.5. The molecule has 4 nitrogen and oxygen atoms in total. The Balaban J connectivity index is 2.48. The Labute approximate surface area is 116 Å². The number of carbonyl (C=O) groups is 1. The lowest BCUT2D eigenvalue weighted by Gasteiger charge is -2.11. The van der Waals surface area contributed by atoms with Crippen molar-refractivity contribution >= 4 is 21.8 Å². The molecule has 0 heterocycles. The minimum Gasteiger partial charge on any atom is -0.496 e. The summed E-state index contributed by atoms with van der Waals surface area (Å²) in [4.78, 5) is 11.5. The van der Waals surface area contributed by atoms with Crippen LogP contribution in [0.2, 0.25) is 0 Å². The largest absolute Gasteiger partial charge is 0.496 e. The Morgan fingerprint density at radius 2 is 2.17 bits per heavy atom. The SMILES string of the molecule is COc1ccc(Br)cc1CNCC(=O)NC(C)C. The van der Waals surface area contributed by atoms with Gasteiger partial charge in [0, 0.05) is 22.6 Å². The highest BCUT2D eigenvalue weighted by Gasteiger charge is 2.06. The fourth-order valence-corrected chi connectivity index (χ4v) is 1.98. The summed E-state index contributed by atoms with van der Waals surface area (Å²) in [5.41, 5.74) is 1.02. The summed E-state index contributed by atoms with van der Waals surface area (Å²) in [6.45, 7) is 4.77. The number of hydrogen-bond acceptors (Lipinski definition) is 3. The Morgan fingerprint density at radius 3 is 2.78 bits per heavy atom. The zero-order valence-electron chi connectivity index (χ0n) is 10.9. The average Bonchev–Trinajstić information content (AvgIpc) is 2.28. The van der Waals surface area contributed by atoms with Crippen LogP contribution in [0.5, 0.6) is 5.75 Å². The van der Waals surface area contributed by atoms with E-state index < -0.39 is 0 Å². The first-order valence-corrected chi connectivity index (χ1v) is 6.64. The monoisotopic (exact) mass is 314 g/mol. The summed E-state index contributed by atoms with van der Waals surface area (Å²) in [6, 6.07) is 5.97. The quantitative estimate of drug-likeness (QED) is 0.845. The molecule has 0 spiro atoms. The number of hydrogen-bond donors (Lipinski definition) is 2. The van der Waals surface area contributed by atoms with Crippen LogP contribution in [0.1, 0.15) is 19.4 Å². The maximum atomic E-state index is 11.5. The molecule has 0 atom stereocenters. The van der Waals surface area contributed by atoms with Crippen molar-refractivity contribution in [3.8, 4) is 5.75 Å². The molecule has 0 radical (unpaired) electrons. The summed E-state index contributed by atoms with van der Waals surface area (Å²) in [6.07, 6.45) is 0. The number of ether oxygens (including phenoxy) is 1. The van der Waals surface area contributed by atoms with Gasteiger partial charge in [0.15, 0.2) is 0 Å². The number of benzene rings is 1. The number of nitrogens with one attached hydrogen (secondary N) is 2. The van der Waals surface area contributed by atoms with Crippen molar-refractivity contribution < 1.29 is 9.53 Å². The summed E-state index contributed by atoms with van der Waals surface area (Å²) in [7, 11) is 1.64. The standard InChI is InChI=1S/C13H19BrN2O2/c1-9(2)16-13(17)8-15-7-10-6-11(14)4-5-12(10)18-3/h4-6,9,15H,7-8H2,1-3H3,(H,16,17). The van der Waals surface area contributed by atoms with Gasteiger partial charge in [0.2, 0.25) is 5.91 Å². The molecule has 1 amide bonds. The molecule has 0 bridgehead atoms. The molecule has 0 saturated carbocycles. The van der Waals surface area contributed by atoms with Gasteiger partial charge in [-0.05, 0) is 32.0 Å². The van der Waals surface area contributed by atoms with Gasteiger partial charge in [-0.15, -0.1) is 0 Å². The molecule has 0 unspecified atom stereocenters. The maximum Gasteiger partial charge on any atom is 0.234 e. The summed E-state index contributed by atoms with van der Waals surface area (Å²) < 4.78 is 6.25. The van der Waals surface area contributed by atoms with Crippen LogP contribution in [0.3, 0.4) is 0 Å². The average molecular weight is 315 g/mol. The third kappa shape index (κ3) is 5.06. The van der Waals surface area contributed by atoms with Crippen LogP contribution in [0.15, 0.2) is 22.7 Å². The zero-order valence-corrected chi connectivity index (χ0v) is 12.5. The Kier molecular flexibility index (Phi) is 6.15. The highest BCUT2D eigenvalue weighted by molar-refractivity contribution is 9.10. The minimum absolute atomic E-state index is 0.000960. The topological polar surface area (TPSA) is 50.4 Å². The number of rotatable bonds is 6. The Hall–Kier alpha value is -1.07. The minimum atomic E-state index is -0.000960. The van der Waals surface area contributed by atoms with Crippen molar-refractivity contribution in [1.29, 1.82) is 0 Å². The number of amides is 1. The molecule has 1 aromatic carbocycles. The molecule has 0 aliphatic carbocycles. The van der Waals surface area contributed by atoms with Crippen LogP contribution in [0.25, 0.3) is 0 Å². The van der Waals surface area contributed by atoms with E-state index in [1.165, 1.54) is 0 Å². The van der Waals surface area contributed by atoms with Gasteiger partial charge < -0.3 is 15.4 Å². The molecule has 0 fully saturated rings. The van der Waals surface area contributed by atoms with Crippen LogP contribution in [-0.2, 0) is 11.3 Å². The van der Waals surface area contributed by atoms with E-state index in [9.17, 15) is 4.79 Å². The second kappa shape index (κ2) is 7.38. The highest BCUT2D eigenvalue weighted by atomic mass is 79.9. The molecule has 0 aliphatic heterocycles. The Morgan fingerprint density at radius 1 is 1.44 bits per heavy atom. The van der Waals surface area contributed by atoms with Crippen LogP contribution in [0, 0.1) is 0 Å². The zero-order chi connectivity index (χ0) is 13.5. The van der Waals surface area contributed by atoms with E-state index >= 15 is 0 Å². The van der Waals surface area contributed by atoms with Crippen molar-refractivity contribution in [2.45, 2.75) is 26.4 Å². The fourth-order valence-electron chi connectivity index (χ4n) is 1.57. The van der Waals surface area contributed by atoms with Gasteiger partial charge in [-0.25, -0.2) is 0 Å². The van der Waals surface area contributed by atoms with E-state index in [0.29, 0.717) is 13.1 Å². The smallest absolute Gasteiger partial charge is 0.234 e. The van der Waals surface area contributed by atoms with Gasteiger partial charge in [0.05, 0.1) is 13.7 Å². The number of carbonyl (C=O) groups excluding carboxylic acids is 1. The van der Waals surface area contributed by atoms with Crippen molar-refractivity contribution in [3.05, 3.63) is 28.2 Å². The van der Waals surface area contributed by atoms with Gasteiger partial charge in [0.1, 0.15) is 5.75 Å². The molecule has 1 rings (SSSR count). The van der Waals surface area contributed by atoms with Gasteiger partial charge >= 0.3 is 0 Å². The first-order chi connectivity index (χ1) is 8.52. The lowest BCUT2D eigenvalue weighted by Crippen LogP contribution is -2.37. The third-order valence-corrected chi connectivity index (χ3v) is 2.79. The van der Waals surface area contributed by atoms with E-state index in [1.807, 2.05) is 32.0 Å². The first kappa shape index (κ1) is 15.0. The first-order valence-electron chi connectivity index (χ1n) is 5.85. The molecule has 1 aromatic rings. The summed E-state index contributed by atoms with van der Waals surface area (Å²) in [5.74, 6) is 0.814. The van der Waals surface area contributed by atoms with Crippen LogP contribution in [-0.4, -0.2) is 25.6 Å². The van der Waals surface area contributed by atoms with Crippen LogP contribution in [0.4, 0.5) is 0 Å². The van der Waals surface area contributed by atoms with Crippen LogP contribution >= 0.6 is 15.9 Å². The fraction of sp³-hybridized carbons (Fsp3) is 0.462. The number of halogens is 1. The van der Waals surface area contributed by atoms with Crippen molar-refractivity contribution in [2.24, 2.45) is 0 Å². The lowest BCUT2D eigenvalue weighted by molar-refractivity contribution is -0.120. The van der Waals surface area contributed by atoms with E-state index in [0.717, 1.165) is 15.8 Å². The van der Waals surface area contributed by atoms with E-state index in [-0.39, 0.29) is 11.9 Å². The molecular formula is C13H19BrN2O2. The van der Waals surface area contributed by atoms with Gasteiger partial charge in [-0.3, -0.25) is 4.79 Å². The molecular weight excluding hydrogens is 296 g/mol. The molecule has 0 saturated heterocycles. The molecule has 0 aliphatic rings. The molecule has 5 heteroatoms. The van der Waals surface area contributed by atoms with Gasteiger partial charge in [-0.2, -0.15) is 0 Å². The Bertz CT molecular complexity index is 408. The van der Waals surface area contributed by atoms with Gasteiger partial charge in [-0.1, -0.05) is 15.9 Å². The van der Waals surface area contributed by atoms with E-state index in [2.05, 4.69) is 26.6 Å². The molecule has 2 N–H and O–H groups in total. The second-order valence-electron chi connectivity index (χ2n) is 4.28. The van der Waals surface area contributed by atoms with E-state index in [1.54, 1.807) is 7.11 Å². The molecule has 100 valence electrons. The van der Waals surface area contributed by atoms with E-state index in [4.69, 9.17) is 4.74 Å².